The third kappa shape index (κ3) is 9.03. The predicted molar refractivity (Wildman–Crippen MR) is 108 cm³/mol. The first-order valence-electron chi connectivity index (χ1n) is 9.24. The van der Waals surface area contributed by atoms with E-state index in [-0.39, 0.29) is 12.9 Å². The molecule has 0 saturated carbocycles. The summed E-state index contributed by atoms with van der Waals surface area (Å²) in [6.07, 6.45) is 0.403. The van der Waals surface area contributed by atoms with Crippen molar-refractivity contribution in [3.05, 3.63) is 65.7 Å². The first kappa shape index (κ1) is 21.9. The van der Waals surface area contributed by atoms with Gasteiger partial charge < -0.3 is 23.7 Å². The molecule has 0 fully saturated rings. The maximum atomic E-state index is 5.67. The van der Waals surface area contributed by atoms with Crippen molar-refractivity contribution in [2.24, 2.45) is 0 Å². The van der Waals surface area contributed by atoms with Gasteiger partial charge >= 0.3 is 0 Å². The number of hydrogen-bond acceptors (Lipinski definition) is 5. The van der Waals surface area contributed by atoms with Crippen molar-refractivity contribution in [3.63, 3.8) is 0 Å². The van der Waals surface area contributed by atoms with Crippen LogP contribution in [0, 0.1) is 11.8 Å². The lowest BCUT2D eigenvalue weighted by Gasteiger charge is -2.15. The van der Waals surface area contributed by atoms with Crippen LogP contribution in [-0.2, 0) is 25.6 Å². The summed E-state index contributed by atoms with van der Waals surface area (Å²) in [5.41, 5.74) is 2.08. The monoisotopic (exact) mass is 384 g/mol. The Labute approximate surface area is 167 Å². The minimum Gasteiger partial charge on any atom is -0.497 e. The van der Waals surface area contributed by atoms with Gasteiger partial charge in [0, 0.05) is 19.1 Å². The van der Waals surface area contributed by atoms with E-state index in [4.69, 9.17) is 23.7 Å². The predicted octanol–water partition coefficient (Wildman–Crippen LogP) is 3.66. The smallest absolute Gasteiger partial charge is 0.146 e. The molecule has 2 aromatic carbocycles. The number of hydrogen-bond donors (Lipinski definition) is 0. The molecule has 0 aliphatic carbocycles. The summed E-state index contributed by atoms with van der Waals surface area (Å²) in [7, 11) is 3.24. The Morgan fingerprint density at radius 3 is 2.36 bits per heavy atom. The molecule has 2 rings (SSSR count). The highest BCUT2D eigenvalue weighted by Gasteiger charge is 2.08. The number of benzene rings is 2. The number of rotatable bonds is 12. The molecule has 0 amide bonds. The third-order valence-electron chi connectivity index (χ3n) is 3.86. The average molecular weight is 384 g/mol. The molecule has 0 unspecified atom stereocenters. The normalized spacial score (nSPS) is 11.5. The van der Waals surface area contributed by atoms with E-state index in [9.17, 15) is 0 Å². The fourth-order valence-corrected chi connectivity index (χ4v) is 2.37. The Morgan fingerprint density at radius 1 is 0.893 bits per heavy atom. The molecular formula is C23H28O5. The van der Waals surface area contributed by atoms with Gasteiger partial charge in [-0.3, -0.25) is 0 Å². The largest absolute Gasteiger partial charge is 0.497 e. The minimum absolute atomic E-state index is 0.153. The topological polar surface area (TPSA) is 46.2 Å². The minimum atomic E-state index is -0.153. The van der Waals surface area contributed by atoms with Gasteiger partial charge in [-0.2, -0.15) is 0 Å². The molecule has 28 heavy (non-hydrogen) atoms. The van der Waals surface area contributed by atoms with Gasteiger partial charge in [0.1, 0.15) is 12.5 Å². The van der Waals surface area contributed by atoms with Crippen LogP contribution >= 0.6 is 0 Å². The van der Waals surface area contributed by atoms with E-state index in [0.29, 0.717) is 32.8 Å². The molecule has 0 bridgehead atoms. The maximum Gasteiger partial charge on any atom is 0.146 e. The van der Waals surface area contributed by atoms with Gasteiger partial charge in [-0.05, 0) is 29.8 Å². The molecule has 1 atom stereocenters. The van der Waals surface area contributed by atoms with E-state index in [1.165, 1.54) is 0 Å². The van der Waals surface area contributed by atoms with Gasteiger partial charge in [0.2, 0.25) is 0 Å². The summed E-state index contributed by atoms with van der Waals surface area (Å²) in [5, 5.41) is 0. The molecule has 0 heterocycles. The molecule has 0 saturated heterocycles. The Bertz CT molecular complexity index is 703. The molecule has 150 valence electrons. The van der Waals surface area contributed by atoms with Crippen molar-refractivity contribution in [2.45, 2.75) is 19.1 Å². The van der Waals surface area contributed by atoms with Crippen LogP contribution < -0.4 is 4.74 Å². The van der Waals surface area contributed by atoms with Crippen LogP contribution in [0.3, 0.4) is 0 Å². The van der Waals surface area contributed by atoms with Crippen molar-refractivity contribution in [1.29, 1.82) is 0 Å². The van der Waals surface area contributed by atoms with Crippen LogP contribution in [0.1, 0.15) is 17.5 Å². The molecule has 0 aliphatic heterocycles. The van der Waals surface area contributed by atoms with Crippen molar-refractivity contribution in [1.82, 2.24) is 0 Å². The highest BCUT2D eigenvalue weighted by Crippen LogP contribution is 2.10. The molecule has 0 radical (unpaired) electrons. The fourth-order valence-electron chi connectivity index (χ4n) is 2.37. The molecule has 0 spiro atoms. The molecule has 0 aliphatic rings. The van der Waals surface area contributed by atoms with Crippen molar-refractivity contribution in [2.75, 3.05) is 40.8 Å². The summed E-state index contributed by atoms with van der Waals surface area (Å²) in [6.45, 7) is 2.27. The number of ether oxygens (including phenoxy) is 5. The third-order valence-corrected chi connectivity index (χ3v) is 3.86. The van der Waals surface area contributed by atoms with Crippen molar-refractivity contribution >= 4 is 0 Å². The fraction of sp³-hybridized carbons (Fsp3) is 0.391. The van der Waals surface area contributed by atoms with E-state index in [1.807, 2.05) is 54.6 Å². The Hall–Kier alpha value is -2.36. The van der Waals surface area contributed by atoms with Crippen LogP contribution in [0.15, 0.2) is 54.6 Å². The lowest BCUT2D eigenvalue weighted by atomic mass is 10.2. The van der Waals surface area contributed by atoms with Crippen molar-refractivity contribution < 1.29 is 23.7 Å². The Balaban J connectivity index is 1.68. The first-order chi connectivity index (χ1) is 13.8. The quantitative estimate of drug-likeness (QED) is 0.317. The molecule has 0 N–H and O–H groups in total. The zero-order valence-corrected chi connectivity index (χ0v) is 16.6. The van der Waals surface area contributed by atoms with Crippen molar-refractivity contribution in [3.8, 4) is 17.6 Å². The van der Waals surface area contributed by atoms with Crippen LogP contribution in [-0.4, -0.2) is 46.9 Å². The highest BCUT2D eigenvalue weighted by molar-refractivity contribution is 5.38. The average Bonchev–Trinajstić information content (AvgIpc) is 2.75. The standard InChI is InChI=1S/C23H28O5/c1-24-19-28-23(10-6-9-20-11-13-22(25-2)14-12-20)18-27-16-15-26-17-21-7-4-3-5-8-21/h3-5,7-8,11-14,23H,10,15-19H2,1-2H3/t23-/m0/s1. The van der Waals surface area contributed by atoms with E-state index >= 15 is 0 Å². The molecule has 5 nitrogen and oxygen atoms in total. The lowest BCUT2D eigenvalue weighted by molar-refractivity contribution is -0.0983. The van der Waals surface area contributed by atoms with Gasteiger partial charge in [-0.1, -0.05) is 42.2 Å². The van der Waals surface area contributed by atoms with Gasteiger partial charge in [0.25, 0.3) is 0 Å². The summed E-state index contributed by atoms with van der Waals surface area (Å²) in [5.74, 6) is 7.08. The van der Waals surface area contributed by atoms with Gasteiger partial charge in [0.15, 0.2) is 0 Å². The van der Waals surface area contributed by atoms with E-state index in [2.05, 4.69) is 11.8 Å². The van der Waals surface area contributed by atoms with E-state index in [0.717, 1.165) is 16.9 Å². The van der Waals surface area contributed by atoms with Gasteiger partial charge in [-0.25, -0.2) is 0 Å². The van der Waals surface area contributed by atoms with Crippen LogP contribution in [0.25, 0.3) is 0 Å². The highest BCUT2D eigenvalue weighted by atomic mass is 16.7. The summed E-state index contributed by atoms with van der Waals surface area (Å²) < 4.78 is 27.1. The Morgan fingerprint density at radius 2 is 1.64 bits per heavy atom. The second-order valence-electron chi connectivity index (χ2n) is 6.04. The summed E-state index contributed by atoms with van der Waals surface area (Å²) >= 11 is 0. The number of methoxy groups -OCH3 is 2. The van der Waals surface area contributed by atoms with Gasteiger partial charge in [0.05, 0.1) is 39.6 Å². The first-order valence-corrected chi connectivity index (χ1v) is 9.24. The lowest BCUT2D eigenvalue weighted by Crippen LogP contribution is -2.22. The molecular weight excluding hydrogens is 356 g/mol. The van der Waals surface area contributed by atoms with Crippen LogP contribution in [0.2, 0.25) is 0 Å². The zero-order valence-electron chi connectivity index (χ0n) is 16.6. The summed E-state index contributed by atoms with van der Waals surface area (Å²) in [4.78, 5) is 0. The van der Waals surface area contributed by atoms with E-state index in [1.54, 1.807) is 14.2 Å². The van der Waals surface area contributed by atoms with Crippen LogP contribution in [0.5, 0.6) is 5.75 Å². The molecule has 5 heteroatoms. The zero-order chi connectivity index (χ0) is 19.9. The maximum absolute atomic E-state index is 5.67. The van der Waals surface area contributed by atoms with Gasteiger partial charge in [-0.15, -0.1) is 0 Å². The van der Waals surface area contributed by atoms with E-state index < -0.39 is 0 Å². The second-order valence-corrected chi connectivity index (χ2v) is 6.04. The molecule has 0 aromatic heterocycles. The second kappa shape index (κ2) is 13.8. The van der Waals surface area contributed by atoms with Crippen LogP contribution in [0.4, 0.5) is 0 Å². The molecule has 2 aromatic rings. The summed E-state index contributed by atoms with van der Waals surface area (Å²) in [6, 6.07) is 17.7. The SMILES string of the molecule is COCO[C@@H](CC#Cc1ccc(OC)cc1)COCCOCc1ccccc1. The Kier molecular flexibility index (Phi) is 10.8.